The highest BCUT2D eigenvalue weighted by atomic mass is 32.1. The van der Waals surface area contributed by atoms with E-state index in [1.165, 1.54) is 6.07 Å². The molecule has 2 amide bonds. The predicted octanol–water partition coefficient (Wildman–Crippen LogP) is 4.59. The zero-order chi connectivity index (χ0) is 21.4. The molecule has 1 unspecified atom stereocenters. The van der Waals surface area contributed by atoms with Crippen molar-refractivity contribution in [3.8, 4) is 0 Å². The lowest BCUT2D eigenvalue weighted by Crippen LogP contribution is -2.36. The first kappa shape index (κ1) is 23.1. The summed E-state index contributed by atoms with van der Waals surface area (Å²) in [7, 11) is 3.84. The molecule has 0 aliphatic carbocycles. The van der Waals surface area contributed by atoms with Gasteiger partial charge in [-0.05, 0) is 54.2 Å². The number of urea groups is 1. The summed E-state index contributed by atoms with van der Waals surface area (Å²) in [5.41, 5.74) is 2.00. The summed E-state index contributed by atoms with van der Waals surface area (Å²) in [6.45, 7) is -1.27. The number of rotatable bonds is 10. The number of hydrogen-bond donors (Lipinski definition) is 2. The molecule has 10 heteroatoms. The number of anilines is 1. The van der Waals surface area contributed by atoms with Gasteiger partial charge in [0.15, 0.2) is 0 Å². The van der Waals surface area contributed by atoms with Crippen molar-refractivity contribution in [1.82, 2.24) is 10.2 Å². The average molecular weight is 433 g/mol. The molecule has 0 aliphatic heterocycles. The first-order valence-electron chi connectivity index (χ1n) is 8.75. The van der Waals surface area contributed by atoms with Crippen LogP contribution in [0.25, 0.3) is 0 Å². The van der Waals surface area contributed by atoms with E-state index in [0.717, 1.165) is 5.56 Å². The Balaban J connectivity index is 1.85. The molecule has 2 N–H and O–H groups in total. The van der Waals surface area contributed by atoms with Crippen LogP contribution in [0.15, 0.2) is 41.1 Å². The predicted molar refractivity (Wildman–Crippen MR) is 105 cm³/mol. The van der Waals surface area contributed by atoms with Crippen LogP contribution >= 0.6 is 11.3 Å². The van der Waals surface area contributed by atoms with Crippen LogP contribution in [0.2, 0.25) is 0 Å². The zero-order valence-corrected chi connectivity index (χ0v) is 16.8. The molecule has 0 radical (unpaired) electrons. The van der Waals surface area contributed by atoms with Gasteiger partial charge in [-0.1, -0.05) is 12.1 Å². The fraction of sp³-hybridized carbons (Fsp3) is 0.421. The highest BCUT2D eigenvalue weighted by Crippen LogP contribution is 2.24. The molecule has 2 rings (SSSR count). The molecular formula is C19H23F4N3O2S. The number of benzene rings is 1. The Morgan fingerprint density at radius 2 is 2.03 bits per heavy atom. The summed E-state index contributed by atoms with van der Waals surface area (Å²) in [6.07, 6.45) is -3.78. The summed E-state index contributed by atoms with van der Waals surface area (Å²) in [6, 6.07) is 7.94. The highest BCUT2D eigenvalue weighted by Gasteiger charge is 2.40. The number of carbonyl (C=O) groups is 1. The topological polar surface area (TPSA) is 53.6 Å². The van der Waals surface area contributed by atoms with E-state index >= 15 is 0 Å². The van der Waals surface area contributed by atoms with Crippen molar-refractivity contribution in [1.29, 1.82) is 0 Å². The molecule has 0 fully saturated rings. The highest BCUT2D eigenvalue weighted by molar-refractivity contribution is 7.07. The summed E-state index contributed by atoms with van der Waals surface area (Å²) in [5.74, 6) is -4.19. The lowest BCUT2D eigenvalue weighted by molar-refractivity contribution is -0.168. The molecule has 2 aromatic rings. The summed E-state index contributed by atoms with van der Waals surface area (Å²) in [4.78, 5) is 14.2. The molecule has 1 atom stereocenters. The van der Waals surface area contributed by atoms with Crippen molar-refractivity contribution in [2.24, 2.45) is 0 Å². The number of ether oxygens (including phenoxy) is 1. The Morgan fingerprint density at radius 1 is 1.28 bits per heavy atom. The van der Waals surface area contributed by atoms with Gasteiger partial charge in [-0.2, -0.15) is 20.1 Å². The van der Waals surface area contributed by atoms with Crippen LogP contribution in [0.3, 0.4) is 0 Å². The molecule has 1 aromatic heterocycles. The Labute approximate surface area is 170 Å². The van der Waals surface area contributed by atoms with Crippen LogP contribution in [0.1, 0.15) is 17.2 Å². The number of thiophene rings is 1. The van der Waals surface area contributed by atoms with Crippen LogP contribution in [-0.2, 0) is 11.3 Å². The third-order valence-electron chi connectivity index (χ3n) is 4.07. The van der Waals surface area contributed by atoms with Crippen LogP contribution in [-0.4, -0.2) is 50.5 Å². The maximum absolute atomic E-state index is 12.9. The smallest absolute Gasteiger partial charge is 0.330 e. The Kier molecular flexibility index (Phi) is 8.42. The van der Waals surface area contributed by atoms with Gasteiger partial charge in [0, 0.05) is 12.2 Å². The molecule has 0 spiro atoms. The number of carbonyl (C=O) groups excluding carboxylic acids is 1. The second-order valence-electron chi connectivity index (χ2n) is 6.63. The second kappa shape index (κ2) is 10.6. The van der Waals surface area contributed by atoms with Crippen molar-refractivity contribution in [2.45, 2.75) is 25.0 Å². The summed E-state index contributed by atoms with van der Waals surface area (Å²) in [5, 5.41) is 9.44. The normalized spacial score (nSPS) is 13.0. The average Bonchev–Trinajstić information content (AvgIpc) is 3.16. The van der Waals surface area contributed by atoms with Gasteiger partial charge < -0.3 is 20.3 Å². The lowest BCUT2D eigenvalue weighted by atomic mass is 10.1. The van der Waals surface area contributed by atoms with Gasteiger partial charge in [0.25, 0.3) is 0 Å². The number of amides is 2. The number of alkyl halides is 4. The number of nitrogens with zero attached hydrogens (tertiary/aromatic N) is 1. The molecular weight excluding hydrogens is 410 g/mol. The van der Waals surface area contributed by atoms with Crippen LogP contribution in [0.5, 0.6) is 0 Å². The first-order valence-corrected chi connectivity index (χ1v) is 9.69. The van der Waals surface area contributed by atoms with Crippen LogP contribution in [0, 0.1) is 0 Å². The summed E-state index contributed by atoms with van der Waals surface area (Å²) < 4.78 is 54.7. The molecule has 29 heavy (non-hydrogen) atoms. The molecule has 0 bridgehead atoms. The Morgan fingerprint density at radius 3 is 2.66 bits per heavy atom. The minimum atomic E-state index is -4.19. The quantitative estimate of drug-likeness (QED) is 0.539. The van der Waals surface area contributed by atoms with Gasteiger partial charge in [0.05, 0.1) is 12.6 Å². The number of likely N-dealkylation sites (N-methyl/N-ethyl adjacent to an activating group) is 1. The fourth-order valence-electron chi connectivity index (χ4n) is 2.53. The van der Waals surface area contributed by atoms with E-state index in [9.17, 15) is 22.4 Å². The second-order valence-corrected chi connectivity index (χ2v) is 7.41. The van der Waals surface area contributed by atoms with E-state index < -0.39 is 25.0 Å². The Bertz CT molecular complexity index is 773. The third-order valence-corrected chi connectivity index (χ3v) is 4.78. The molecule has 5 nitrogen and oxygen atoms in total. The first-order chi connectivity index (χ1) is 13.7. The van der Waals surface area contributed by atoms with Crippen LogP contribution < -0.4 is 10.6 Å². The van der Waals surface area contributed by atoms with Crippen LogP contribution in [0.4, 0.5) is 28.0 Å². The number of hydrogen-bond acceptors (Lipinski definition) is 4. The monoisotopic (exact) mass is 433 g/mol. The lowest BCUT2D eigenvalue weighted by Gasteiger charge is -2.24. The molecule has 0 saturated heterocycles. The van der Waals surface area contributed by atoms with E-state index in [-0.39, 0.29) is 12.6 Å². The van der Waals surface area contributed by atoms with Crippen molar-refractivity contribution in [3.63, 3.8) is 0 Å². The zero-order valence-electron chi connectivity index (χ0n) is 16.0. The van der Waals surface area contributed by atoms with Crippen molar-refractivity contribution in [2.75, 3.05) is 32.6 Å². The molecule has 1 heterocycles. The molecule has 160 valence electrons. The van der Waals surface area contributed by atoms with E-state index in [4.69, 9.17) is 0 Å². The molecule has 1 aromatic carbocycles. The number of nitrogens with one attached hydrogen (secondary N) is 2. The van der Waals surface area contributed by atoms with Gasteiger partial charge in [0.1, 0.15) is 6.61 Å². The third kappa shape index (κ3) is 7.30. The van der Waals surface area contributed by atoms with Crippen molar-refractivity contribution < 1.29 is 27.1 Å². The SMILES string of the molecule is CN(C)C(CNC(=O)Nc1cccc(COCC(F)(F)C(F)F)c1)c1ccsc1. The van der Waals surface area contributed by atoms with Gasteiger partial charge in [0.2, 0.25) is 0 Å². The maximum Gasteiger partial charge on any atom is 0.330 e. The van der Waals surface area contributed by atoms with E-state index in [0.29, 0.717) is 17.8 Å². The van der Waals surface area contributed by atoms with Crippen molar-refractivity contribution in [3.05, 3.63) is 52.2 Å². The van der Waals surface area contributed by atoms with E-state index in [2.05, 4.69) is 15.4 Å². The van der Waals surface area contributed by atoms with E-state index in [1.54, 1.807) is 29.5 Å². The van der Waals surface area contributed by atoms with Gasteiger partial charge in [-0.25, -0.2) is 13.6 Å². The summed E-state index contributed by atoms with van der Waals surface area (Å²) >= 11 is 1.58. The van der Waals surface area contributed by atoms with Crippen molar-refractivity contribution >= 4 is 23.1 Å². The molecule has 0 aliphatic rings. The Hall–Kier alpha value is -2.17. The maximum atomic E-state index is 12.9. The van der Waals surface area contributed by atoms with Gasteiger partial charge >= 0.3 is 18.4 Å². The molecule has 0 saturated carbocycles. The minimum Gasteiger partial charge on any atom is -0.370 e. The standard InChI is InChI=1S/C19H23F4N3O2S/c1-26(2)16(14-6-7-29-11-14)9-24-18(27)25-15-5-3-4-13(8-15)10-28-12-19(22,23)17(20)21/h3-8,11,16-17H,9-10,12H2,1-2H3,(H2,24,25,27). The minimum absolute atomic E-state index is 0.0169. The largest absolute Gasteiger partial charge is 0.370 e. The van der Waals surface area contributed by atoms with E-state index in [1.807, 2.05) is 35.8 Å². The van der Waals surface area contributed by atoms with Gasteiger partial charge in [-0.3, -0.25) is 0 Å². The number of halogens is 4. The van der Waals surface area contributed by atoms with Gasteiger partial charge in [-0.15, -0.1) is 0 Å². The fourth-order valence-corrected chi connectivity index (χ4v) is 3.24.